The Hall–Kier alpha value is -0.580. The zero-order chi connectivity index (χ0) is 10.2. The molecule has 0 bridgehead atoms. The standard InChI is InChI=1S/C10H13FO2S/c11-9(6-7-12)8-13-14-10-4-2-1-3-5-10/h1-5,9,12H,6-8H2. The second-order valence-electron chi connectivity index (χ2n) is 2.79. The number of alkyl halides is 1. The van der Waals surface area contributed by atoms with E-state index < -0.39 is 6.17 Å². The lowest BCUT2D eigenvalue weighted by Gasteiger charge is -2.05. The molecule has 1 rings (SSSR count). The predicted molar refractivity (Wildman–Crippen MR) is 54.8 cm³/mol. The van der Waals surface area contributed by atoms with Gasteiger partial charge in [-0.25, -0.2) is 4.39 Å². The summed E-state index contributed by atoms with van der Waals surface area (Å²) in [4.78, 5) is 0.948. The second kappa shape index (κ2) is 6.81. The predicted octanol–water partition coefficient (Wildman–Crippen LogP) is 2.43. The molecule has 2 nitrogen and oxygen atoms in total. The number of benzene rings is 1. The molecule has 1 unspecified atom stereocenters. The molecule has 0 radical (unpaired) electrons. The van der Waals surface area contributed by atoms with E-state index in [1.807, 2.05) is 30.3 Å². The summed E-state index contributed by atoms with van der Waals surface area (Å²) < 4.78 is 17.9. The van der Waals surface area contributed by atoms with E-state index in [9.17, 15) is 4.39 Å². The SMILES string of the molecule is OCCC(F)COSc1ccccc1. The lowest BCUT2D eigenvalue weighted by molar-refractivity contribution is 0.170. The van der Waals surface area contributed by atoms with Crippen LogP contribution in [-0.2, 0) is 4.18 Å². The van der Waals surface area contributed by atoms with Gasteiger partial charge in [-0.3, -0.25) is 0 Å². The minimum absolute atomic E-state index is 0.0140. The van der Waals surface area contributed by atoms with Gasteiger partial charge in [-0.1, -0.05) is 18.2 Å². The van der Waals surface area contributed by atoms with E-state index >= 15 is 0 Å². The molecule has 0 aliphatic heterocycles. The van der Waals surface area contributed by atoms with Gasteiger partial charge in [0.05, 0.1) is 6.61 Å². The van der Waals surface area contributed by atoms with Crippen LogP contribution in [0.25, 0.3) is 0 Å². The molecule has 1 atom stereocenters. The maximum absolute atomic E-state index is 12.8. The molecule has 0 fully saturated rings. The topological polar surface area (TPSA) is 29.5 Å². The van der Waals surface area contributed by atoms with Gasteiger partial charge in [-0.2, -0.15) is 0 Å². The molecule has 0 amide bonds. The maximum Gasteiger partial charge on any atom is 0.127 e. The fourth-order valence-corrected chi connectivity index (χ4v) is 1.50. The second-order valence-corrected chi connectivity index (χ2v) is 3.66. The van der Waals surface area contributed by atoms with Crippen LogP contribution < -0.4 is 0 Å². The summed E-state index contributed by atoms with van der Waals surface area (Å²) in [5.74, 6) is 0. The zero-order valence-electron chi connectivity index (χ0n) is 7.73. The summed E-state index contributed by atoms with van der Waals surface area (Å²) in [5, 5.41) is 8.45. The van der Waals surface area contributed by atoms with E-state index in [0.717, 1.165) is 16.9 Å². The van der Waals surface area contributed by atoms with Gasteiger partial charge in [0.15, 0.2) is 0 Å². The Bertz CT molecular complexity index is 243. The molecule has 1 aromatic rings. The van der Waals surface area contributed by atoms with Crippen LogP contribution in [0.15, 0.2) is 35.2 Å². The molecule has 0 saturated heterocycles. The summed E-state index contributed by atoms with van der Waals surface area (Å²) in [6.45, 7) is -0.124. The first-order chi connectivity index (χ1) is 6.83. The third-order valence-corrected chi connectivity index (χ3v) is 2.31. The van der Waals surface area contributed by atoms with Gasteiger partial charge >= 0.3 is 0 Å². The van der Waals surface area contributed by atoms with Crippen molar-refractivity contribution < 1.29 is 13.7 Å². The van der Waals surface area contributed by atoms with E-state index in [2.05, 4.69) is 0 Å². The van der Waals surface area contributed by atoms with Gasteiger partial charge in [0.1, 0.15) is 6.17 Å². The van der Waals surface area contributed by atoms with Gasteiger partial charge in [0, 0.05) is 30.0 Å². The molecule has 0 saturated carbocycles. The van der Waals surface area contributed by atoms with Gasteiger partial charge in [0.2, 0.25) is 0 Å². The molecule has 0 heterocycles. The van der Waals surface area contributed by atoms with E-state index in [1.165, 1.54) is 0 Å². The van der Waals surface area contributed by atoms with E-state index in [-0.39, 0.29) is 19.6 Å². The smallest absolute Gasteiger partial charge is 0.127 e. The Kier molecular flexibility index (Phi) is 5.59. The normalized spacial score (nSPS) is 12.7. The molecule has 0 spiro atoms. The molecule has 14 heavy (non-hydrogen) atoms. The van der Waals surface area contributed by atoms with Gasteiger partial charge in [0.25, 0.3) is 0 Å². The highest BCUT2D eigenvalue weighted by Gasteiger charge is 2.05. The molecule has 0 aliphatic carbocycles. The van der Waals surface area contributed by atoms with Crippen molar-refractivity contribution in [2.75, 3.05) is 13.2 Å². The third-order valence-electron chi connectivity index (χ3n) is 1.59. The number of aliphatic hydroxyl groups excluding tert-OH is 1. The van der Waals surface area contributed by atoms with Crippen molar-refractivity contribution in [3.8, 4) is 0 Å². The Balaban J connectivity index is 2.16. The van der Waals surface area contributed by atoms with Gasteiger partial charge in [-0.15, -0.1) is 0 Å². The molecule has 0 aromatic heterocycles. The highest BCUT2D eigenvalue weighted by Crippen LogP contribution is 2.18. The molecule has 1 aromatic carbocycles. The Morgan fingerprint density at radius 1 is 1.36 bits per heavy atom. The molecule has 1 N–H and O–H groups in total. The minimum atomic E-state index is -1.09. The van der Waals surface area contributed by atoms with Crippen molar-refractivity contribution >= 4 is 12.0 Å². The maximum atomic E-state index is 12.8. The van der Waals surface area contributed by atoms with E-state index in [4.69, 9.17) is 9.29 Å². The zero-order valence-corrected chi connectivity index (χ0v) is 8.54. The van der Waals surface area contributed by atoms with Crippen molar-refractivity contribution in [3.63, 3.8) is 0 Å². The van der Waals surface area contributed by atoms with Gasteiger partial charge in [-0.05, 0) is 12.1 Å². The monoisotopic (exact) mass is 216 g/mol. The average Bonchev–Trinajstić information content (AvgIpc) is 2.20. The average molecular weight is 216 g/mol. The number of aliphatic hydroxyl groups is 1. The van der Waals surface area contributed by atoms with Crippen molar-refractivity contribution in [1.29, 1.82) is 0 Å². The van der Waals surface area contributed by atoms with Crippen LogP contribution in [-0.4, -0.2) is 24.5 Å². The summed E-state index contributed by atoms with van der Waals surface area (Å²) in [6.07, 6.45) is -0.953. The summed E-state index contributed by atoms with van der Waals surface area (Å²) >= 11 is 1.15. The first kappa shape index (κ1) is 11.5. The Morgan fingerprint density at radius 3 is 2.71 bits per heavy atom. The van der Waals surface area contributed by atoms with Crippen LogP contribution in [0.5, 0.6) is 0 Å². The third kappa shape index (κ3) is 4.60. The van der Waals surface area contributed by atoms with Crippen LogP contribution in [0.4, 0.5) is 4.39 Å². The minimum Gasteiger partial charge on any atom is -0.396 e. The molecular weight excluding hydrogens is 203 g/mol. The number of rotatable bonds is 6. The summed E-state index contributed by atoms with van der Waals surface area (Å²) in [5.41, 5.74) is 0. The Morgan fingerprint density at radius 2 is 2.07 bits per heavy atom. The number of hydrogen-bond acceptors (Lipinski definition) is 3. The fraction of sp³-hybridized carbons (Fsp3) is 0.400. The van der Waals surface area contributed by atoms with Crippen molar-refractivity contribution in [2.24, 2.45) is 0 Å². The van der Waals surface area contributed by atoms with Gasteiger partial charge < -0.3 is 9.29 Å². The van der Waals surface area contributed by atoms with Crippen LogP contribution in [0.3, 0.4) is 0 Å². The van der Waals surface area contributed by atoms with Crippen molar-refractivity contribution in [3.05, 3.63) is 30.3 Å². The fourth-order valence-electron chi connectivity index (χ4n) is 0.875. The van der Waals surface area contributed by atoms with Crippen LogP contribution >= 0.6 is 12.0 Å². The first-order valence-electron chi connectivity index (χ1n) is 4.42. The lowest BCUT2D eigenvalue weighted by Crippen LogP contribution is -2.09. The largest absolute Gasteiger partial charge is 0.396 e. The van der Waals surface area contributed by atoms with Crippen LogP contribution in [0, 0.1) is 0 Å². The molecule has 0 aliphatic rings. The lowest BCUT2D eigenvalue weighted by atomic mass is 10.3. The summed E-state index contributed by atoms with van der Waals surface area (Å²) in [7, 11) is 0. The van der Waals surface area contributed by atoms with E-state index in [0.29, 0.717) is 0 Å². The van der Waals surface area contributed by atoms with Crippen molar-refractivity contribution in [2.45, 2.75) is 17.5 Å². The summed E-state index contributed by atoms with van der Waals surface area (Å²) in [6, 6.07) is 9.49. The van der Waals surface area contributed by atoms with Crippen molar-refractivity contribution in [1.82, 2.24) is 0 Å². The molecular formula is C10H13FO2S. The molecule has 78 valence electrons. The highest BCUT2D eigenvalue weighted by atomic mass is 32.2. The quantitative estimate of drug-likeness (QED) is 0.740. The number of halogens is 1. The number of hydrogen-bond donors (Lipinski definition) is 1. The molecule has 4 heteroatoms. The highest BCUT2D eigenvalue weighted by molar-refractivity contribution is 7.94. The Labute approximate surface area is 87.3 Å². The van der Waals surface area contributed by atoms with Crippen LogP contribution in [0.1, 0.15) is 6.42 Å². The van der Waals surface area contributed by atoms with Crippen LogP contribution in [0.2, 0.25) is 0 Å². The van der Waals surface area contributed by atoms with E-state index in [1.54, 1.807) is 0 Å². The first-order valence-corrected chi connectivity index (χ1v) is 5.16.